The molecule has 0 aliphatic rings. The van der Waals surface area contributed by atoms with E-state index in [-0.39, 0.29) is 11.3 Å². The van der Waals surface area contributed by atoms with Crippen LogP contribution in [0.3, 0.4) is 0 Å². The number of benzene rings is 3. The minimum atomic E-state index is -0.687. The third-order valence-electron chi connectivity index (χ3n) is 3.53. The van der Waals surface area contributed by atoms with Crippen LogP contribution in [-0.2, 0) is 9.53 Å². The highest BCUT2D eigenvalue weighted by atomic mass is 16.5. The van der Waals surface area contributed by atoms with Crippen LogP contribution in [0.1, 0.15) is 10.4 Å². The number of anilines is 1. The summed E-state index contributed by atoms with van der Waals surface area (Å²) in [6, 6.07) is 21.9. The molecule has 0 fully saturated rings. The summed E-state index contributed by atoms with van der Waals surface area (Å²) in [4.78, 5) is 23.8. The normalized spacial score (nSPS) is 10.1. The maximum Gasteiger partial charge on any atom is 0.338 e. The van der Waals surface area contributed by atoms with Gasteiger partial charge in [-0.3, -0.25) is 4.79 Å². The molecule has 3 rings (SSSR count). The van der Waals surface area contributed by atoms with Gasteiger partial charge in [-0.2, -0.15) is 0 Å². The summed E-state index contributed by atoms with van der Waals surface area (Å²) in [6.45, 7) is -0.434. The number of para-hydroxylation sites is 1. The monoisotopic (exact) mass is 363 g/mol. The first kappa shape index (κ1) is 18.0. The molecule has 136 valence electrons. The zero-order valence-corrected chi connectivity index (χ0v) is 14.3. The number of hydrogen-bond donors (Lipinski definition) is 2. The van der Waals surface area contributed by atoms with Gasteiger partial charge in [-0.15, -0.1) is 0 Å². The van der Waals surface area contributed by atoms with Crippen LogP contribution in [-0.4, -0.2) is 23.6 Å². The predicted molar refractivity (Wildman–Crippen MR) is 100.0 cm³/mol. The average Bonchev–Trinajstić information content (AvgIpc) is 2.68. The molecule has 3 aromatic carbocycles. The predicted octanol–water partition coefficient (Wildman–Crippen LogP) is 3.98. The Kier molecular flexibility index (Phi) is 5.69. The lowest BCUT2D eigenvalue weighted by Crippen LogP contribution is -2.20. The Morgan fingerprint density at radius 3 is 2.26 bits per heavy atom. The maximum absolute atomic E-state index is 11.9. The first-order chi connectivity index (χ1) is 13.1. The Morgan fingerprint density at radius 2 is 1.56 bits per heavy atom. The Balaban J connectivity index is 1.50. The molecule has 0 heterocycles. The number of aromatic hydroxyl groups is 1. The van der Waals surface area contributed by atoms with Crippen molar-refractivity contribution in [2.75, 3.05) is 11.9 Å². The molecule has 0 aromatic heterocycles. The van der Waals surface area contributed by atoms with Crippen LogP contribution in [0.2, 0.25) is 0 Å². The molecule has 6 nitrogen and oxygen atoms in total. The summed E-state index contributed by atoms with van der Waals surface area (Å²) >= 11 is 0. The third kappa shape index (κ3) is 5.34. The first-order valence-corrected chi connectivity index (χ1v) is 8.19. The Bertz CT molecular complexity index is 923. The van der Waals surface area contributed by atoms with Crippen LogP contribution in [0.15, 0.2) is 78.9 Å². The standard InChI is InChI=1S/C21H17NO5/c23-17-6-4-5-15(13-17)21(25)26-14-20(24)22-16-9-11-19(12-10-16)27-18-7-2-1-3-8-18/h1-13,23H,14H2,(H,22,24). The first-order valence-electron chi connectivity index (χ1n) is 8.19. The fourth-order valence-corrected chi connectivity index (χ4v) is 2.28. The van der Waals surface area contributed by atoms with Gasteiger partial charge < -0.3 is 19.9 Å². The molecule has 0 radical (unpaired) electrons. The molecule has 0 atom stereocenters. The van der Waals surface area contributed by atoms with Gasteiger partial charge in [-0.05, 0) is 54.6 Å². The van der Waals surface area contributed by atoms with Crippen molar-refractivity contribution >= 4 is 17.6 Å². The number of phenolic OH excluding ortho intramolecular Hbond substituents is 1. The minimum Gasteiger partial charge on any atom is -0.508 e. The van der Waals surface area contributed by atoms with Gasteiger partial charge in [0.05, 0.1) is 5.56 Å². The highest BCUT2D eigenvalue weighted by Crippen LogP contribution is 2.22. The molecular weight excluding hydrogens is 346 g/mol. The number of hydrogen-bond acceptors (Lipinski definition) is 5. The van der Waals surface area contributed by atoms with Crippen molar-refractivity contribution in [2.24, 2.45) is 0 Å². The second-order valence-electron chi connectivity index (χ2n) is 5.61. The third-order valence-corrected chi connectivity index (χ3v) is 3.53. The summed E-state index contributed by atoms with van der Waals surface area (Å²) in [6.07, 6.45) is 0. The molecule has 0 unspecified atom stereocenters. The molecule has 3 aromatic rings. The van der Waals surface area contributed by atoms with E-state index in [2.05, 4.69) is 5.32 Å². The number of phenols is 1. The van der Waals surface area contributed by atoms with E-state index in [1.54, 1.807) is 24.3 Å². The van der Waals surface area contributed by atoms with Crippen molar-refractivity contribution in [1.29, 1.82) is 0 Å². The van der Waals surface area contributed by atoms with Gasteiger partial charge in [-0.25, -0.2) is 4.79 Å². The SMILES string of the molecule is O=C(COC(=O)c1cccc(O)c1)Nc1ccc(Oc2ccccc2)cc1. The lowest BCUT2D eigenvalue weighted by Gasteiger charge is -2.09. The van der Waals surface area contributed by atoms with E-state index in [1.165, 1.54) is 24.3 Å². The second-order valence-corrected chi connectivity index (χ2v) is 5.61. The summed E-state index contributed by atoms with van der Waals surface area (Å²) in [5.41, 5.74) is 0.721. The molecule has 2 N–H and O–H groups in total. The van der Waals surface area contributed by atoms with Crippen LogP contribution in [0.5, 0.6) is 17.2 Å². The maximum atomic E-state index is 11.9. The van der Waals surface area contributed by atoms with Gasteiger partial charge in [0.25, 0.3) is 5.91 Å². The number of ether oxygens (including phenoxy) is 2. The van der Waals surface area contributed by atoms with E-state index >= 15 is 0 Å². The van der Waals surface area contributed by atoms with Crippen molar-refractivity contribution < 1.29 is 24.2 Å². The number of esters is 1. The van der Waals surface area contributed by atoms with Crippen LogP contribution in [0, 0.1) is 0 Å². The quantitative estimate of drug-likeness (QED) is 0.647. The van der Waals surface area contributed by atoms with Gasteiger partial charge in [0.15, 0.2) is 6.61 Å². The summed E-state index contributed by atoms with van der Waals surface area (Å²) in [5.74, 6) is 0.141. The van der Waals surface area contributed by atoms with Crippen LogP contribution in [0.4, 0.5) is 5.69 Å². The van der Waals surface area contributed by atoms with Gasteiger partial charge in [0, 0.05) is 5.69 Å². The lowest BCUT2D eigenvalue weighted by atomic mass is 10.2. The Morgan fingerprint density at radius 1 is 0.852 bits per heavy atom. The van der Waals surface area contributed by atoms with Gasteiger partial charge in [-0.1, -0.05) is 24.3 Å². The molecule has 0 saturated heterocycles. The fourth-order valence-electron chi connectivity index (χ4n) is 2.28. The van der Waals surface area contributed by atoms with Gasteiger partial charge >= 0.3 is 5.97 Å². The van der Waals surface area contributed by atoms with Crippen molar-refractivity contribution in [2.45, 2.75) is 0 Å². The van der Waals surface area contributed by atoms with E-state index < -0.39 is 18.5 Å². The lowest BCUT2D eigenvalue weighted by molar-refractivity contribution is -0.119. The van der Waals surface area contributed by atoms with Crippen LogP contribution < -0.4 is 10.1 Å². The summed E-state index contributed by atoms with van der Waals surface area (Å²) in [5, 5.41) is 12.0. The number of carbonyl (C=O) groups is 2. The largest absolute Gasteiger partial charge is 0.508 e. The molecule has 0 saturated carbocycles. The summed E-state index contributed by atoms with van der Waals surface area (Å²) < 4.78 is 10.6. The molecule has 0 bridgehead atoms. The van der Waals surface area contributed by atoms with Gasteiger partial charge in [0.2, 0.25) is 0 Å². The zero-order valence-electron chi connectivity index (χ0n) is 14.3. The number of carbonyl (C=O) groups excluding carboxylic acids is 2. The molecule has 0 aliphatic carbocycles. The van der Waals surface area contributed by atoms with Crippen molar-refractivity contribution in [3.8, 4) is 17.2 Å². The fraction of sp³-hybridized carbons (Fsp3) is 0.0476. The Hall–Kier alpha value is -3.80. The zero-order chi connectivity index (χ0) is 19.1. The van der Waals surface area contributed by atoms with E-state index in [9.17, 15) is 14.7 Å². The van der Waals surface area contributed by atoms with Crippen molar-refractivity contribution in [3.63, 3.8) is 0 Å². The molecule has 1 amide bonds. The van der Waals surface area contributed by atoms with E-state index in [1.807, 2.05) is 30.3 Å². The smallest absolute Gasteiger partial charge is 0.338 e. The van der Waals surface area contributed by atoms with Crippen molar-refractivity contribution in [3.05, 3.63) is 84.4 Å². The van der Waals surface area contributed by atoms with Crippen LogP contribution >= 0.6 is 0 Å². The molecule has 0 aliphatic heterocycles. The van der Waals surface area contributed by atoms with Crippen LogP contribution in [0.25, 0.3) is 0 Å². The number of amides is 1. The van der Waals surface area contributed by atoms with E-state index in [0.717, 1.165) is 0 Å². The highest BCUT2D eigenvalue weighted by Gasteiger charge is 2.11. The average molecular weight is 363 g/mol. The Labute approximate surface area is 156 Å². The molecule has 0 spiro atoms. The minimum absolute atomic E-state index is 0.0493. The highest BCUT2D eigenvalue weighted by molar-refractivity contribution is 5.95. The number of nitrogens with one attached hydrogen (secondary N) is 1. The molecular formula is C21H17NO5. The van der Waals surface area contributed by atoms with E-state index in [4.69, 9.17) is 9.47 Å². The van der Waals surface area contributed by atoms with Crippen molar-refractivity contribution in [1.82, 2.24) is 0 Å². The summed E-state index contributed by atoms with van der Waals surface area (Å²) in [7, 11) is 0. The van der Waals surface area contributed by atoms with E-state index in [0.29, 0.717) is 17.2 Å². The molecule has 27 heavy (non-hydrogen) atoms. The van der Waals surface area contributed by atoms with Gasteiger partial charge in [0.1, 0.15) is 17.2 Å². The molecule has 6 heteroatoms. The second kappa shape index (κ2) is 8.53. The topological polar surface area (TPSA) is 84.9 Å². The number of rotatable bonds is 6.